The molecular weight excluding hydrogens is 359 g/mol. The molecule has 2 aromatic carbocycles. The molecule has 2 rings (SSSR count). The minimum absolute atomic E-state index is 0.294. The molecule has 0 radical (unpaired) electrons. The summed E-state index contributed by atoms with van der Waals surface area (Å²) < 4.78 is 41.1. The van der Waals surface area contributed by atoms with E-state index in [-0.39, 0.29) is 0 Å². The lowest BCUT2D eigenvalue weighted by Crippen LogP contribution is -2.21. The van der Waals surface area contributed by atoms with Crippen LogP contribution in [-0.4, -0.2) is 24.2 Å². The van der Waals surface area contributed by atoms with E-state index in [0.717, 1.165) is 47.5 Å². The van der Waals surface area contributed by atoms with Crippen molar-refractivity contribution in [3.63, 3.8) is 0 Å². The molecule has 0 saturated carbocycles. The first kappa shape index (κ1) is 22.2. The molecule has 0 aliphatic rings. The highest BCUT2D eigenvalue weighted by molar-refractivity contribution is 5.52. The average molecular weight is 390 g/mol. The van der Waals surface area contributed by atoms with Gasteiger partial charge in [-0.15, -0.1) is 0 Å². The summed E-state index contributed by atoms with van der Waals surface area (Å²) in [7, 11) is 0. The van der Waals surface area contributed by atoms with Crippen molar-refractivity contribution in [3.8, 4) is 0 Å². The number of benzene rings is 2. The Morgan fingerprint density at radius 1 is 0.929 bits per heavy atom. The van der Waals surface area contributed by atoms with Crippen LogP contribution in [0.3, 0.4) is 0 Å². The highest BCUT2D eigenvalue weighted by Crippen LogP contribution is 2.37. The molecule has 0 heterocycles. The van der Waals surface area contributed by atoms with Gasteiger partial charge < -0.3 is 0 Å². The zero-order valence-electron chi connectivity index (χ0n) is 17.4. The molecule has 1 unspecified atom stereocenters. The molecule has 0 N–H and O–H groups in total. The largest absolute Gasteiger partial charge is 0.399 e. The van der Waals surface area contributed by atoms with Crippen molar-refractivity contribution in [3.05, 3.63) is 75.9 Å². The number of hydrogen-bond acceptors (Lipinski definition) is 1. The standard InChI is InChI=1S/C24H30F3N/c1-6-28(7-2)16-21-10-8-20(9-11-21)12-13-23(24(25,26)27)22-14-17(3)19(5)18(4)15-22/h8-15,23H,6-7,16H2,1-5H3/b13-12+. The summed E-state index contributed by atoms with van der Waals surface area (Å²) in [4.78, 5) is 2.30. The van der Waals surface area contributed by atoms with Gasteiger partial charge in [-0.1, -0.05) is 62.4 Å². The second-order valence-corrected chi connectivity index (χ2v) is 7.36. The average Bonchev–Trinajstić information content (AvgIpc) is 2.64. The van der Waals surface area contributed by atoms with E-state index >= 15 is 0 Å². The second kappa shape index (κ2) is 9.42. The van der Waals surface area contributed by atoms with Crippen molar-refractivity contribution < 1.29 is 13.2 Å². The van der Waals surface area contributed by atoms with Crippen molar-refractivity contribution in [1.29, 1.82) is 0 Å². The highest BCUT2D eigenvalue weighted by atomic mass is 19.4. The van der Waals surface area contributed by atoms with E-state index in [1.807, 2.05) is 45.0 Å². The Hall–Kier alpha value is -2.07. The maximum Gasteiger partial charge on any atom is 0.399 e. The van der Waals surface area contributed by atoms with E-state index in [1.54, 1.807) is 18.2 Å². The first-order chi connectivity index (χ1) is 13.2. The van der Waals surface area contributed by atoms with Gasteiger partial charge in [-0.3, -0.25) is 4.90 Å². The Labute approximate surface area is 166 Å². The van der Waals surface area contributed by atoms with Gasteiger partial charge >= 0.3 is 6.18 Å². The van der Waals surface area contributed by atoms with E-state index in [9.17, 15) is 13.2 Å². The van der Waals surface area contributed by atoms with Gasteiger partial charge in [0.1, 0.15) is 0 Å². The Balaban J connectivity index is 2.25. The lowest BCUT2D eigenvalue weighted by Gasteiger charge is -2.20. The molecular formula is C24H30F3N. The van der Waals surface area contributed by atoms with Gasteiger partial charge in [0, 0.05) is 6.54 Å². The molecule has 1 nitrogen and oxygen atoms in total. The van der Waals surface area contributed by atoms with Crippen molar-refractivity contribution in [2.45, 2.75) is 53.3 Å². The summed E-state index contributed by atoms with van der Waals surface area (Å²) in [5.74, 6) is -1.61. The summed E-state index contributed by atoms with van der Waals surface area (Å²) in [6, 6.07) is 11.0. The van der Waals surface area contributed by atoms with Crippen LogP contribution in [0.15, 0.2) is 42.5 Å². The fourth-order valence-electron chi connectivity index (χ4n) is 3.30. The molecule has 1 atom stereocenters. The van der Waals surface area contributed by atoms with Gasteiger partial charge in [0.2, 0.25) is 0 Å². The van der Waals surface area contributed by atoms with Crippen LogP contribution in [0.4, 0.5) is 13.2 Å². The lowest BCUT2D eigenvalue weighted by atomic mass is 9.91. The van der Waals surface area contributed by atoms with Crippen LogP contribution in [0.2, 0.25) is 0 Å². The summed E-state index contributed by atoms with van der Waals surface area (Å²) in [6.45, 7) is 12.7. The molecule has 0 aromatic heterocycles. The quantitative estimate of drug-likeness (QED) is 0.502. The van der Waals surface area contributed by atoms with Gasteiger partial charge in [-0.05, 0) is 67.2 Å². The summed E-state index contributed by atoms with van der Waals surface area (Å²) >= 11 is 0. The van der Waals surface area contributed by atoms with E-state index in [1.165, 1.54) is 6.08 Å². The Kier molecular flexibility index (Phi) is 7.48. The van der Waals surface area contributed by atoms with Gasteiger partial charge in [0.25, 0.3) is 0 Å². The van der Waals surface area contributed by atoms with Crippen molar-refractivity contribution >= 4 is 6.08 Å². The number of nitrogens with zero attached hydrogens (tertiary/aromatic N) is 1. The minimum Gasteiger partial charge on any atom is -0.300 e. The summed E-state index contributed by atoms with van der Waals surface area (Å²) in [6.07, 6.45) is -1.49. The summed E-state index contributed by atoms with van der Waals surface area (Å²) in [5.41, 5.74) is 5.05. The third-order valence-electron chi connectivity index (χ3n) is 5.42. The third-order valence-corrected chi connectivity index (χ3v) is 5.42. The normalized spacial score (nSPS) is 13.5. The number of hydrogen-bond donors (Lipinski definition) is 0. The minimum atomic E-state index is -4.33. The van der Waals surface area contributed by atoms with E-state index in [2.05, 4.69) is 18.7 Å². The molecule has 152 valence electrons. The molecule has 0 saturated heterocycles. The van der Waals surface area contributed by atoms with Crippen molar-refractivity contribution in [1.82, 2.24) is 4.90 Å². The number of allylic oxidation sites excluding steroid dienone is 1. The van der Waals surface area contributed by atoms with Crippen LogP contribution in [0.5, 0.6) is 0 Å². The predicted octanol–water partition coefficient (Wildman–Crippen LogP) is 6.81. The Morgan fingerprint density at radius 2 is 1.46 bits per heavy atom. The zero-order chi connectivity index (χ0) is 20.9. The Bertz CT molecular complexity index is 777. The molecule has 0 amide bonds. The van der Waals surface area contributed by atoms with E-state index < -0.39 is 12.1 Å². The number of aryl methyl sites for hydroxylation is 2. The first-order valence-electron chi connectivity index (χ1n) is 9.79. The summed E-state index contributed by atoms with van der Waals surface area (Å²) in [5, 5.41) is 0. The maximum absolute atomic E-state index is 13.7. The van der Waals surface area contributed by atoms with Crippen LogP contribution >= 0.6 is 0 Å². The van der Waals surface area contributed by atoms with Gasteiger partial charge in [-0.2, -0.15) is 13.2 Å². The number of alkyl halides is 3. The third kappa shape index (κ3) is 5.71. The SMILES string of the molecule is CCN(CC)Cc1ccc(/C=C/C(c2cc(C)c(C)c(C)c2)C(F)(F)F)cc1. The fourth-order valence-corrected chi connectivity index (χ4v) is 3.30. The Morgan fingerprint density at radius 3 is 1.93 bits per heavy atom. The maximum atomic E-state index is 13.7. The molecule has 4 heteroatoms. The van der Waals surface area contributed by atoms with Crippen molar-refractivity contribution in [2.24, 2.45) is 0 Å². The number of rotatable bonds is 7. The second-order valence-electron chi connectivity index (χ2n) is 7.36. The van der Waals surface area contributed by atoms with Crippen LogP contribution in [0.1, 0.15) is 53.1 Å². The first-order valence-corrected chi connectivity index (χ1v) is 9.79. The van der Waals surface area contributed by atoms with E-state index in [4.69, 9.17) is 0 Å². The van der Waals surface area contributed by atoms with Crippen LogP contribution in [0.25, 0.3) is 6.08 Å². The van der Waals surface area contributed by atoms with Gasteiger partial charge in [0.05, 0.1) is 5.92 Å². The van der Waals surface area contributed by atoms with Gasteiger partial charge in [0.15, 0.2) is 0 Å². The molecule has 0 fully saturated rings. The molecule has 0 bridgehead atoms. The molecule has 2 aromatic rings. The topological polar surface area (TPSA) is 3.24 Å². The van der Waals surface area contributed by atoms with Crippen LogP contribution in [0, 0.1) is 20.8 Å². The molecule has 0 aliphatic carbocycles. The predicted molar refractivity (Wildman–Crippen MR) is 112 cm³/mol. The highest BCUT2D eigenvalue weighted by Gasteiger charge is 2.39. The molecule has 0 spiro atoms. The molecule has 28 heavy (non-hydrogen) atoms. The smallest absolute Gasteiger partial charge is 0.300 e. The van der Waals surface area contributed by atoms with Crippen LogP contribution < -0.4 is 0 Å². The lowest BCUT2D eigenvalue weighted by molar-refractivity contribution is -0.139. The fraction of sp³-hybridized carbons (Fsp3) is 0.417. The van der Waals surface area contributed by atoms with Crippen molar-refractivity contribution in [2.75, 3.05) is 13.1 Å². The van der Waals surface area contributed by atoms with Crippen LogP contribution in [-0.2, 0) is 6.54 Å². The van der Waals surface area contributed by atoms with E-state index in [0.29, 0.717) is 5.56 Å². The molecule has 0 aliphatic heterocycles. The number of halogens is 3. The van der Waals surface area contributed by atoms with Gasteiger partial charge in [-0.25, -0.2) is 0 Å². The zero-order valence-corrected chi connectivity index (χ0v) is 17.4. The monoisotopic (exact) mass is 389 g/mol.